The summed E-state index contributed by atoms with van der Waals surface area (Å²) in [6.07, 6.45) is 2.02. The van der Waals surface area contributed by atoms with Crippen molar-refractivity contribution in [2.45, 2.75) is 19.4 Å². The molecular weight excluding hydrogens is 274 g/mol. The molecule has 0 saturated carbocycles. The third-order valence-corrected chi connectivity index (χ3v) is 4.30. The second-order valence-electron chi connectivity index (χ2n) is 3.97. The maximum atomic E-state index is 11.5. The van der Waals surface area contributed by atoms with Gasteiger partial charge in [-0.15, -0.1) is 11.3 Å². The van der Waals surface area contributed by atoms with E-state index in [4.69, 9.17) is 11.6 Å². The number of carbonyl (C=O) groups is 2. The molecule has 0 unspecified atom stereocenters. The Morgan fingerprint density at radius 1 is 1.28 bits per heavy atom. The highest BCUT2D eigenvalue weighted by Gasteiger charge is 2.29. The molecule has 7 heteroatoms. The smallest absolute Gasteiger partial charge is 0.230 e. The second kappa shape index (κ2) is 4.29. The average molecular weight is 282 g/mol. The summed E-state index contributed by atoms with van der Waals surface area (Å²) in [5, 5.41) is 0.398. The summed E-state index contributed by atoms with van der Waals surface area (Å²) in [6.45, 7) is 0.301. The lowest BCUT2D eigenvalue weighted by molar-refractivity contribution is -0.138. The number of aromatic nitrogens is 2. The van der Waals surface area contributed by atoms with E-state index in [1.807, 2.05) is 6.07 Å². The van der Waals surface area contributed by atoms with Gasteiger partial charge in [0.15, 0.2) is 0 Å². The number of nitrogens with zero attached hydrogens (tertiary/aromatic N) is 3. The topological polar surface area (TPSA) is 63.2 Å². The first-order valence-corrected chi connectivity index (χ1v) is 6.57. The number of halogens is 1. The lowest BCUT2D eigenvalue weighted by Gasteiger charge is -2.11. The standard InChI is InChI=1S/C11H8ClN3O2S/c12-11-10-7(13-5-14-11)3-6(18-10)4-15-8(16)1-2-9(15)17/h3,5H,1-2,4H2. The molecule has 2 aromatic rings. The zero-order chi connectivity index (χ0) is 12.7. The zero-order valence-electron chi connectivity index (χ0n) is 9.22. The van der Waals surface area contributed by atoms with Crippen molar-refractivity contribution in [2.24, 2.45) is 0 Å². The monoisotopic (exact) mass is 281 g/mol. The van der Waals surface area contributed by atoms with Crippen LogP contribution in [0, 0.1) is 0 Å². The van der Waals surface area contributed by atoms with Crippen molar-refractivity contribution >= 4 is 45.0 Å². The molecule has 1 saturated heterocycles. The third-order valence-electron chi connectivity index (χ3n) is 2.79. The predicted octanol–water partition coefficient (Wildman–Crippen LogP) is 1.99. The van der Waals surface area contributed by atoms with Gasteiger partial charge in [0.05, 0.1) is 16.8 Å². The molecule has 0 spiro atoms. The van der Waals surface area contributed by atoms with Gasteiger partial charge in [0, 0.05) is 17.7 Å². The number of imide groups is 1. The van der Waals surface area contributed by atoms with E-state index in [9.17, 15) is 9.59 Å². The number of thiophene rings is 1. The Morgan fingerprint density at radius 3 is 2.67 bits per heavy atom. The summed E-state index contributed by atoms with van der Waals surface area (Å²) in [6, 6.07) is 1.84. The maximum absolute atomic E-state index is 11.5. The number of fused-ring (bicyclic) bond motifs is 1. The zero-order valence-corrected chi connectivity index (χ0v) is 10.8. The number of rotatable bonds is 2. The average Bonchev–Trinajstić information content (AvgIpc) is 2.89. The van der Waals surface area contributed by atoms with Crippen LogP contribution in [-0.4, -0.2) is 26.7 Å². The Hall–Kier alpha value is -1.53. The summed E-state index contributed by atoms with van der Waals surface area (Å²) in [5.74, 6) is -0.232. The highest BCUT2D eigenvalue weighted by atomic mass is 35.5. The molecular formula is C11H8ClN3O2S. The lowest BCUT2D eigenvalue weighted by Crippen LogP contribution is -2.27. The van der Waals surface area contributed by atoms with E-state index in [-0.39, 0.29) is 11.8 Å². The van der Waals surface area contributed by atoms with Gasteiger partial charge in [-0.1, -0.05) is 11.6 Å². The molecule has 2 aromatic heterocycles. The van der Waals surface area contributed by atoms with E-state index in [1.165, 1.54) is 22.6 Å². The summed E-state index contributed by atoms with van der Waals surface area (Å²) in [5.41, 5.74) is 0.745. The highest BCUT2D eigenvalue weighted by molar-refractivity contribution is 7.19. The van der Waals surface area contributed by atoms with Gasteiger partial charge in [-0.2, -0.15) is 0 Å². The lowest BCUT2D eigenvalue weighted by atomic mass is 10.4. The first-order chi connectivity index (χ1) is 8.65. The van der Waals surface area contributed by atoms with Crippen molar-refractivity contribution in [3.8, 4) is 0 Å². The first-order valence-electron chi connectivity index (χ1n) is 5.37. The SMILES string of the molecule is O=C1CCC(=O)N1Cc1cc2ncnc(Cl)c2s1. The fourth-order valence-electron chi connectivity index (χ4n) is 1.91. The Kier molecular flexibility index (Phi) is 2.76. The Bertz CT molecular complexity index is 639. The fourth-order valence-corrected chi connectivity index (χ4v) is 3.14. The molecule has 3 heterocycles. The quantitative estimate of drug-likeness (QED) is 0.624. The summed E-state index contributed by atoms with van der Waals surface area (Å²) >= 11 is 7.37. The predicted molar refractivity (Wildman–Crippen MR) is 67.2 cm³/mol. The number of carbonyl (C=O) groups excluding carboxylic acids is 2. The largest absolute Gasteiger partial charge is 0.277 e. The van der Waals surface area contributed by atoms with E-state index in [2.05, 4.69) is 9.97 Å². The van der Waals surface area contributed by atoms with E-state index in [0.29, 0.717) is 24.5 Å². The molecule has 1 fully saturated rings. The van der Waals surface area contributed by atoms with Crippen molar-refractivity contribution in [3.63, 3.8) is 0 Å². The molecule has 0 radical (unpaired) electrons. The number of likely N-dealkylation sites (tertiary alicyclic amines) is 1. The van der Waals surface area contributed by atoms with E-state index < -0.39 is 0 Å². The Morgan fingerprint density at radius 2 is 2.00 bits per heavy atom. The molecule has 0 aromatic carbocycles. The molecule has 1 aliphatic rings. The molecule has 3 rings (SSSR count). The summed E-state index contributed by atoms with van der Waals surface area (Å²) in [4.78, 5) is 33.2. The number of hydrogen-bond donors (Lipinski definition) is 0. The molecule has 1 aliphatic heterocycles. The molecule has 5 nitrogen and oxygen atoms in total. The van der Waals surface area contributed by atoms with Gasteiger partial charge in [0.2, 0.25) is 11.8 Å². The highest BCUT2D eigenvalue weighted by Crippen LogP contribution is 2.30. The molecule has 0 N–H and O–H groups in total. The molecule has 0 bridgehead atoms. The van der Waals surface area contributed by atoms with Crippen molar-refractivity contribution in [1.82, 2.24) is 14.9 Å². The van der Waals surface area contributed by atoms with Crippen LogP contribution in [0.4, 0.5) is 0 Å². The Balaban J connectivity index is 1.93. The van der Waals surface area contributed by atoms with Crippen LogP contribution in [0.1, 0.15) is 17.7 Å². The van der Waals surface area contributed by atoms with Crippen molar-refractivity contribution in [2.75, 3.05) is 0 Å². The van der Waals surface area contributed by atoms with Gasteiger partial charge in [-0.05, 0) is 6.07 Å². The van der Waals surface area contributed by atoms with Crippen LogP contribution in [0.3, 0.4) is 0 Å². The minimum absolute atomic E-state index is 0.116. The van der Waals surface area contributed by atoms with Gasteiger partial charge >= 0.3 is 0 Å². The molecule has 2 amide bonds. The van der Waals surface area contributed by atoms with E-state index >= 15 is 0 Å². The van der Waals surface area contributed by atoms with Gasteiger partial charge in [-0.25, -0.2) is 9.97 Å². The molecule has 18 heavy (non-hydrogen) atoms. The fraction of sp³-hybridized carbons (Fsp3) is 0.273. The van der Waals surface area contributed by atoms with Gasteiger partial charge in [0.1, 0.15) is 11.5 Å². The van der Waals surface area contributed by atoms with Gasteiger partial charge in [-0.3, -0.25) is 14.5 Å². The van der Waals surface area contributed by atoms with Crippen LogP contribution in [0.25, 0.3) is 10.2 Å². The molecule has 0 atom stereocenters. The van der Waals surface area contributed by atoms with Gasteiger partial charge in [0.25, 0.3) is 0 Å². The van der Waals surface area contributed by atoms with Crippen LogP contribution < -0.4 is 0 Å². The molecule has 92 valence electrons. The summed E-state index contributed by atoms with van der Waals surface area (Å²) in [7, 11) is 0. The van der Waals surface area contributed by atoms with Crippen molar-refractivity contribution < 1.29 is 9.59 Å². The Labute approximate surface area is 111 Å². The van der Waals surface area contributed by atoms with Crippen LogP contribution in [-0.2, 0) is 16.1 Å². The number of amides is 2. The van der Waals surface area contributed by atoms with Crippen molar-refractivity contribution in [3.05, 3.63) is 22.4 Å². The first kappa shape index (κ1) is 11.6. The van der Waals surface area contributed by atoms with Crippen LogP contribution in [0.15, 0.2) is 12.4 Å². The van der Waals surface area contributed by atoms with Crippen LogP contribution in [0.2, 0.25) is 5.15 Å². The summed E-state index contributed by atoms with van der Waals surface area (Å²) < 4.78 is 0.785. The van der Waals surface area contributed by atoms with E-state index in [0.717, 1.165) is 15.1 Å². The minimum Gasteiger partial charge on any atom is -0.277 e. The normalized spacial score (nSPS) is 15.9. The van der Waals surface area contributed by atoms with Crippen LogP contribution in [0.5, 0.6) is 0 Å². The second-order valence-corrected chi connectivity index (χ2v) is 5.46. The molecule has 0 aliphatic carbocycles. The third kappa shape index (κ3) is 1.87. The van der Waals surface area contributed by atoms with E-state index in [1.54, 1.807) is 0 Å². The van der Waals surface area contributed by atoms with Gasteiger partial charge < -0.3 is 0 Å². The van der Waals surface area contributed by atoms with Crippen molar-refractivity contribution in [1.29, 1.82) is 0 Å². The maximum Gasteiger partial charge on any atom is 0.230 e. The van der Waals surface area contributed by atoms with Crippen LogP contribution >= 0.6 is 22.9 Å². The minimum atomic E-state index is -0.116. The number of hydrogen-bond acceptors (Lipinski definition) is 5.